The Labute approximate surface area is 188 Å². The summed E-state index contributed by atoms with van der Waals surface area (Å²) in [5.41, 5.74) is 6.85. The van der Waals surface area contributed by atoms with Crippen LogP contribution in [-0.4, -0.2) is 37.6 Å². The molecule has 0 atom stereocenters. The van der Waals surface area contributed by atoms with Gasteiger partial charge in [-0.15, -0.1) is 0 Å². The highest BCUT2D eigenvalue weighted by Gasteiger charge is 2.25. The molecule has 0 spiro atoms. The SMILES string of the molecule is CN(c1cc(-c2cn(-c3c(F)cccc3C#N)c(=O)c3c(N)n[nH]c23)nn1C)C1CCCC1. The summed E-state index contributed by atoms with van der Waals surface area (Å²) < 4.78 is 17.7. The summed E-state index contributed by atoms with van der Waals surface area (Å²) >= 11 is 0. The molecule has 4 aromatic rings. The number of halogens is 1. The highest BCUT2D eigenvalue weighted by Crippen LogP contribution is 2.33. The first-order valence-electron chi connectivity index (χ1n) is 10.8. The Morgan fingerprint density at radius 3 is 2.82 bits per heavy atom. The van der Waals surface area contributed by atoms with Crippen LogP contribution in [0.4, 0.5) is 16.0 Å². The zero-order valence-electron chi connectivity index (χ0n) is 18.3. The quantitative estimate of drug-likeness (QED) is 0.497. The Balaban J connectivity index is 1.74. The fourth-order valence-electron chi connectivity index (χ4n) is 4.75. The average Bonchev–Trinajstić information content (AvgIpc) is 3.55. The van der Waals surface area contributed by atoms with Crippen molar-refractivity contribution in [3.05, 3.63) is 52.2 Å². The topological polar surface area (TPSA) is 122 Å². The van der Waals surface area contributed by atoms with Crippen LogP contribution in [0.1, 0.15) is 31.2 Å². The molecule has 3 N–H and O–H groups in total. The lowest BCUT2D eigenvalue weighted by Crippen LogP contribution is -2.30. The first kappa shape index (κ1) is 20.8. The summed E-state index contributed by atoms with van der Waals surface area (Å²) in [6.07, 6.45) is 6.18. The molecule has 0 saturated heterocycles. The predicted octanol–water partition coefficient (Wildman–Crippen LogP) is 3.09. The summed E-state index contributed by atoms with van der Waals surface area (Å²) in [5.74, 6) is 0.241. The molecule has 33 heavy (non-hydrogen) atoms. The number of fused-ring (bicyclic) bond motifs is 1. The molecular formula is C23H23FN8O. The molecule has 0 amide bonds. The van der Waals surface area contributed by atoms with Crippen molar-refractivity contribution in [2.45, 2.75) is 31.7 Å². The van der Waals surface area contributed by atoms with Crippen molar-refractivity contribution in [1.29, 1.82) is 5.26 Å². The highest BCUT2D eigenvalue weighted by atomic mass is 19.1. The fraction of sp³-hybridized carbons (Fsp3) is 0.304. The maximum atomic E-state index is 14.8. The van der Waals surface area contributed by atoms with Crippen LogP contribution in [0.3, 0.4) is 0 Å². The van der Waals surface area contributed by atoms with E-state index in [9.17, 15) is 14.4 Å². The van der Waals surface area contributed by atoms with E-state index in [4.69, 9.17) is 5.73 Å². The number of anilines is 2. The van der Waals surface area contributed by atoms with Crippen molar-refractivity contribution in [2.24, 2.45) is 7.05 Å². The molecule has 1 saturated carbocycles. The largest absolute Gasteiger partial charge is 0.382 e. The van der Waals surface area contributed by atoms with Gasteiger partial charge in [-0.25, -0.2) is 4.39 Å². The van der Waals surface area contributed by atoms with Crippen molar-refractivity contribution in [1.82, 2.24) is 24.5 Å². The van der Waals surface area contributed by atoms with Crippen LogP contribution in [0.15, 0.2) is 35.3 Å². The van der Waals surface area contributed by atoms with Crippen LogP contribution in [-0.2, 0) is 7.05 Å². The summed E-state index contributed by atoms with van der Waals surface area (Å²) in [5, 5.41) is 21.1. The molecular weight excluding hydrogens is 423 g/mol. The number of H-pyrrole nitrogens is 1. The van der Waals surface area contributed by atoms with Gasteiger partial charge in [0.05, 0.1) is 16.8 Å². The minimum absolute atomic E-state index is 0.000301. The van der Waals surface area contributed by atoms with Crippen molar-refractivity contribution < 1.29 is 4.39 Å². The summed E-state index contributed by atoms with van der Waals surface area (Å²) in [7, 11) is 3.92. The molecule has 1 aliphatic rings. The fourth-order valence-corrected chi connectivity index (χ4v) is 4.75. The number of benzene rings is 1. The third-order valence-electron chi connectivity index (χ3n) is 6.47. The van der Waals surface area contributed by atoms with Gasteiger partial charge >= 0.3 is 0 Å². The third kappa shape index (κ3) is 3.24. The van der Waals surface area contributed by atoms with Gasteiger partial charge in [-0.05, 0) is 25.0 Å². The summed E-state index contributed by atoms with van der Waals surface area (Å²) in [6.45, 7) is 0. The van der Waals surface area contributed by atoms with E-state index in [1.54, 1.807) is 4.68 Å². The maximum Gasteiger partial charge on any atom is 0.268 e. The van der Waals surface area contributed by atoms with Crippen molar-refractivity contribution >= 4 is 22.5 Å². The van der Waals surface area contributed by atoms with Crippen LogP contribution >= 0.6 is 0 Å². The number of aromatic amines is 1. The molecule has 10 heteroatoms. The van der Waals surface area contributed by atoms with Gasteiger partial charge in [-0.1, -0.05) is 18.9 Å². The smallest absolute Gasteiger partial charge is 0.268 e. The van der Waals surface area contributed by atoms with E-state index in [0.29, 0.717) is 22.8 Å². The number of nitrogens with two attached hydrogens (primary N) is 1. The lowest BCUT2D eigenvalue weighted by atomic mass is 10.1. The Bertz CT molecular complexity index is 1470. The number of rotatable bonds is 4. The van der Waals surface area contributed by atoms with E-state index in [0.717, 1.165) is 23.2 Å². The van der Waals surface area contributed by atoms with E-state index < -0.39 is 11.4 Å². The van der Waals surface area contributed by atoms with Crippen molar-refractivity contribution in [3.8, 4) is 23.0 Å². The molecule has 168 valence electrons. The second-order valence-corrected chi connectivity index (χ2v) is 8.39. The molecule has 5 rings (SSSR count). The van der Waals surface area contributed by atoms with Gasteiger partial charge in [0.2, 0.25) is 0 Å². The minimum atomic E-state index is -0.689. The molecule has 0 unspecified atom stereocenters. The number of aryl methyl sites for hydroxylation is 1. The number of nitrogens with zero attached hydrogens (tertiary/aromatic N) is 6. The molecule has 0 aliphatic heterocycles. The van der Waals surface area contributed by atoms with Gasteiger partial charge < -0.3 is 10.6 Å². The van der Waals surface area contributed by atoms with Crippen molar-refractivity contribution in [2.75, 3.05) is 17.7 Å². The Kier molecular flexibility index (Phi) is 4.89. The number of para-hydroxylation sites is 1. The third-order valence-corrected chi connectivity index (χ3v) is 6.47. The normalized spacial score (nSPS) is 14.1. The van der Waals surface area contributed by atoms with Crippen LogP contribution in [0, 0.1) is 17.1 Å². The maximum absolute atomic E-state index is 14.8. The molecule has 0 radical (unpaired) electrons. The summed E-state index contributed by atoms with van der Waals surface area (Å²) in [6, 6.07) is 8.44. The van der Waals surface area contributed by atoms with Crippen molar-refractivity contribution in [3.63, 3.8) is 0 Å². The summed E-state index contributed by atoms with van der Waals surface area (Å²) in [4.78, 5) is 15.5. The monoisotopic (exact) mass is 446 g/mol. The second kappa shape index (κ2) is 7.78. The van der Waals surface area contributed by atoms with Crippen LogP contribution in [0.2, 0.25) is 0 Å². The van der Waals surface area contributed by atoms with Gasteiger partial charge in [-0.2, -0.15) is 15.5 Å². The van der Waals surface area contributed by atoms with E-state index in [-0.39, 0.29) is 22.5 Å². The Morgan fingerprint density at radius 2 is 2.09 bits per heavy atom. The molecule has 1 aromatic carbocycles. The number of pyridine rings is 1. The lowest BCUT2D eigenvalue weighted by Gasteiger charge is -2.25. The highest BCUT2D eigenvalue weighted by molar-refractivity contribution is 5.98. The van der Waals surface area contributed by atoms with Gasteiger partial charge in [0, 0.05) is 38.0 Å². The number of aromatic nitrogens is 5. The number of nitriles is 1. The lowest BCUT2D eigenvalue weighted by molar-refractivity contribution is 0.616. The minimum Gasteiger partial charge on any atom is -0.382 e. The van der Waals surface area contributed by atoms with E-state index in [1.807, 2.05) is 19.2 Å². The molecule has 9 nitrogen and oxygen atoms in total. The standard InChI is InChI=1S/C23H23FN8O/c1-30(14-7-3-4-8-14)18-10-17(29-31(18)2)15-12-32(21-13(11-25)6-5-9-16(21)24)23(33)19-20(15)27-28-22(19)26/h5-6,9-10,12,14H,3-4,7-8H2,1-2H3,(H3,26,27,28). The zero-order valence-corrected chi connectivity index (χ0v) is 18.3. The predicted molar refractivity (Wildman–Crippen MR) is 124 cm³/mol. The first-order chi connectivity index (χ1) is 15.9. The Morgan fingerprint density at radius 1 is 1.33 bits per heavy atom. The molecule has 1 aliphatic carbocycles. The molecule has 3 aromatic heterocycles. The number of nitrogens with one attached hydrogen (secondary N) is 1. The van der Waals surface area contributed by atoms with Crippen LogP contribution in [0.25, 0.3) is 27.8 Å². The van der Waals surface area contributed by atoms with Gasteiger partial charge in [0.1, 0.15) is 28.8 Å². The zero-order chi connectivity index (χ0) is 23.3. The van der Waals surface area contributed by atoms with Gasteiger partial charge in [-0.3, -0.25) is 19.1 Å². The van der Waals surface area contributed by atoms with E-state index in [1.165, 1.54) is 37.2 Å². The number of hydrogen-bond donors (Lipinski definition) is 2. The van der Waals surface area contributed by atoms with Gasteiger partial charge in [0.15, 0.2) is 5.82 Å². The Hall–Kier alpha value is -4.13. The first-order valence-corrected chi connectivity index (χ1v) is 10.8. The van der Waals surface area contributed by atoms with Gasteiger partial charge in [0.25, 0.3) is 5.56 Å². The number of hydrogen-bond acceptors (Lipinski definition) is 6. The average molecular weight is 446 g/mol. The molecule has 0 bridgehead atoms. The van der Waals surface area contributed by atoms with E-state index >= 15 is 0 Å². The molecule has 3 heterocycles. The van der Waals surface area contributed by atoms with E-state index in [2.05, 4.69) is 27.2 Å². The number of nitrogen functional groups attached to an aromatic ring is 1. The van der Waals surface area contributed by atoms with Crippen LogP contribution < -0.4 is 16.2 Å². The second-order valence-electron chi connectivity index (χ2n) is 8.39. The molecule has 1 fully saturated rings. The van der Waals surface area contributed by atoms with Crippen LogP contribution in [0.5, 0.6) is 0 Å².